The third-order valence-corrected chi connectivity index (χ3v) is 9.59. The van der Waals surface area contributed by atoms with E-state index in [2.05, 4.69) is 86.6 Å². The normalized spacial score (nSPS) is 23.0. The van der Waals surface area contributed by atoms with Crippen molar-refractivity contribution >= 4 is 11.8 Å². The minimum absolute atomic E-state index is 0.0223. The summed E-state index contributed by atoms with van der Waals surface area (Å²) in [4.78, 5) is 0. The van der Waals surface area contributed by atoms with Gasteiger partial charge in [0.15, 0.2) is 0 Å². The number of ether oxygens (including phenoxy) is 2. The van der Waals surface area contributed by atoms with E-state index in [-0.39, 0.29) is 17.5 Å². The second-order valence-electron chi connectivity index (χ2n) is 10.5. The molecule has 0 amide bonds. The number of aromatic hydroxyl groups is 1. The lowest BCUT2D eigenvalue weighted by atomic mass is 9.89. The largest absolute Gasteiger partial charge is 0.508 e. The number of hydrogen-bond donors (Lipinski definition) is 1. The number of phenolic OH excluding ortho intramolecular Hbond substituents is 1. The highest BCUT2D eigenvalue weighted by Crippen LogP contribution is 2.49. The molecule has 0 saturated carbocycles. The van der Waals surface area contributed by atoms with Crippen molar-refractivity contribution in [2.24, 2.45) is 5.92 Å². The van der Waals surface area contributed by atoms with Gasteiger partial charge in [0.2, 0.25) is 0 Å². The lowest BCUT2D eigenvalue weighted by Gasteiger charge is -2.45. The zero-order valence-corrected chi connectivity index (χ0v) is 23.6. The Morgan fingerprint density at radius 2 is 1.26 bits per heavy atom. The van der Waals surface area contributed by atoms with Gasteiger partial charge in [-0.1, -0.05) is 111 Å². The Labute approximate surface area is 237 Å². The van der Waals surface area contributed by atoms with E-state index in [0.717, 1.165) is 12.8 Å². The van der Waals surface area contributed by atoms with Crippen LogP contribution in [-0.4, -0.2) is 22.6 Å². The van der Waals surface area contributed by atoms with E-state index in [0.29, 0.717) is 30.1 Å². The molecule has 5 rings (SSSR count). The predicted molar refractivity (Wildman–Crippen MR) is 161 cm³/mol. The molecule has 1 aliphatic rings. The number of rotatable bonds is 10. The van der Waals surface area contributed by atoms with Gasteiger partial charge in [-0.25, -0.2) is 0 Å². The molecule has 0 spiro atoms. The summed E-state index contributed by atoms with van der Waals surface area (Å²) in [5.41, 5.74) is 6.09. The van der Waals surface area contributed by atoms with Crippen LogP contribution in [0.4, 0.5) is 0 Å². The first-order valence-corrected chi connectivity index (χ1v) is 14.9. The van der Waals surface area contributed by atoms with Crippen LogP contribution >= 0.6 is 11.8 Å². The van der Waals surface area contributed by atoms with Crippen LogP contribution in [0.5, 0.6) is 5.75 Å². The Morgan fingerprint density at radius 3 is 1.87 bits per heavy atom. The molecule has 202 valence electrons. The topological polar surface area (TPSA) is 38.7 Å². The molecule has 0 radical (unpaired) electrons. The van der Waals surface area contributed by atoms with Crippen molar-refractivity contribution in [1.29, 1.82) is 0 Å². The van der Waals surface area contributed by atoms with E-state index in [4.69, 9.17) is 9.47 Å². The number of hydrogen-bond acceptors (Lipinski definition) is 4. The second-order valence-corrected chi connectivity index (χ2v) is 11.9. The Bertz CT molecular complexity index is 1290. The van der Waals surface area contributed by atoms with Gasteiger partial charge in [0.1, 0.15) is 11.9 Å². The van der Waals surface area contributed by atoms with Crippen LogP contribution < -0.4 is 0 Å². The Kier molecular flexibility index (Phi) is 9.41. The molecule has 0 aliphatic carbocycles. The van der Waals surface area contributed by atoms with Crippen molar-refractivity contribution in [1.82, 2.24) is 0 Å². The highest BCUT2D eigenvalue weighted by atomic mass is 32.2. The first-order valence-electron chi connectivity index (χ1n) is 13.9. The highest BCUT2D eigenvalue weighted by Gasteiger charge is 2.45. The lowest BCUT2D eigenvalue weighted by molar-refractivity contribution is -0.112. The number of thioether (sulfide) groups is 1. The van der Waals surface area contributed by atoms with Gasteiger partial charge in [0.25, 0.3) is 0 Å². The monoisotopic (exact) mass is 538 g/mol. The molecule has 39 heavy (non-hydrogen) atoms. The first kappa shape index (κ1) is 27.5. The molecule has 4 aromatic rings. The van der Waals surface area contributed by atoms with Crippen molar-refractivity contribution in [3.8, 4) is 5.75 Å². The summed E-state index contributed by atoms with van der Waals surface area (Å²) in [7, 11) is 0. The Morgan fingerprint density at radius 1 is 0.667 bits per heavy atom. The highest BCUT2D eigenvalue weighted by molar-refractivity contribution is 8.00. The molecular formula is C35H38O3S. The number of phenols is 1. The minimum Gasteiger partial charge on any atom is -0.508 e. The van der Waals surface area contributed by atoms with Crippen LogP contribution in [-0.2, 0) is 29.1 Å². The fraction of sp³-hybridized carbons (Fsp3) is 0.314. The molecule has 4 aromatic carbocycles. The van der Waals surface area contributed by atoms with Gasteiger partial charge < -0.3 is 14.6 Å². The van der Waals surface area contributed by atoms with Gasteiger partial charge in [-0.05, 0) is 58.7 Å². The molecule has 1 heterocycles. The summed E-state index contributed by atoms with van der Waals surface area (Å²) in [5.74, 6) is 0.659. The maximum absolute atomic E-state index is 9.68. The van der Waals surface area contributed by atoms with Crippen LogP contribution in [0.3, 0.4) is 0 Å². The van der Waals surface area contributed by atoms with E-state index >= 15 is 0 Å². The van der Waals surface area contributed by atoms with Crippen molar-refractivity contribution < 1.29 is 14.6 Å². The molecular weight excluding hydrogens is 500 g/mol. The van der Waals surface area contributed by atoms with Crippen LogP contribution in [0.15, 0.2) is 109 Å². The Hall–Kier alpha value is -3.05. The minimum atomic E-state index is -0.0827. The van der Waals surface area contributed by atoms with Gasteiger partial charge in [0.05, 0.1) is 24.6 Å². The number of benzene rings is 4. The van der Waals surface area contributed by atoms with Gasteiger partial charge in [-0.15, -0.1) is 11.8 Å². The standard InChI is InChI=1S/C35H38O3S/c1-3-32-25(2)33(37-23-27-11-6-4-7-12-27)34(38-24-28-13-8-5-9-14-28)35(39-32)30-16-10-15-29(22-30)21-26-17-19-31(36)20-18-26/h4-20,22,25,32-36H,3,21,23-24H2,1-2H3/t25-,32-,33+,34-,35+/m1/s1. The third kappa shape index (κ3) is 7.13. The van der Waals surface area contributed by atoms with Crippen molar-refractivity contribution in [3.63, 3.8) is 0 Å². The van der Waals surface area contributed by atoms with Gasteiger partial charge in [-0.3, -0.25) is 0 Å². The molecule has 0 unspecified atom stereocenters. The molecule has 1 saturated heterocycles. The van der Waals surface area contributed by atoms with Crippen LogP contribution in [0.2, 0.25) is 0 Å². The summed E-state index contributed by atoms with van der Waals surface area (Å²) in [6.45, 7) is 5.75. The van der Waals surface area contributed by atoms with Gasteiger partial charge in [-0.2, -0.15) is 0 Å². The van der Waals surface area contributed by atoms with Gasteiger partial charge >= 0.3 is 0 Å². The van der Waals surface area contributed by atoms with Crippen LogP contribution in [0.25, 0.3) is 0 Å². The Balaban J connectivity index is 1.44. The van der Waals surface area contributed by atoms with E-state index in [9.17, 15) is 5.11 Å². The SMILES string of the molecule is CC[C@H]1S[C@@H](c2cccc(Cc3ccc(O)cc3)c2)[C@H](OCc2ccccc2)[C@@H](OCc2ccccc2)[C@@H]1C. The lowest BCUT2D eigenvalue weighted by Crippen LogP contribution is -2.48. The molecule has 4 heteroatoms. The predicted octanol–water partition coefficient (Wildman–Crippen LogP) is 8.36. The second kappa shape index (κ2) is 13.3. The van der Waals surface area contributed by atoms with E-state index in [1.54, 1.807) is 12.1 Å². The molecule has 1 aliphatic heterocycles. The third-order valence-electron chi connectivity index (χ3n) is 7.65. The van der Waals surface area contributed by atoms with Crippen LogP contribution in [0, 0.1) is 5.92 Å². The van der Waals surface area contributed by atoms with E-state index in [1.165, 1.54) is 27.8 Å². The quantitative estimate of drug-likeness (QED) is 0.220. The summed E-state index contributed by atoms with van der Waals surface area (Å²) in [6.07, 6.45) is 1.81. The average Bonchev–Trinajstić information content (AvgIpc) is 2.98. The molecule has 1 fully saturated rings. The summed E-state index contributed by atoms with van der Waals surface area (Å²) >= 11 is 2.04. The zero-order valence-electron chi connectivity index (χ0n) is 22.8. The van der Waals surface area contributed by atoms with Gasteiger partial charge in [0, 0.05) is 5.25 Å². The molecule has 0 aromatic heterocycles. The van der Waals surface area contributed by atoms with Crippen molar-refractivity contribution in [2.75, 3.05) is 0 Å². The van der Waals surface area contributed by atoms with Crippen molar-refractivity contribution in [3.05, 3.63) is 137 Å². The average molecular weight is 539 g/mol. The summed E-state index contributed by atoms with van der Waals surface area (Å²) in [6, 6.07) is 37.3. The molecule has 3 nitrogen and oxygen atoms in total. The zero-order chi connectivity index (χ0) is 27.0. The molecule has 0 bridgehead atoms. The fourth-order valence-corrected chi connectivity index (χ4v) is 7.16. The van der Waals surface area contributed by atoms with Crippen LogP contribution in [0.1, 0.15) is 53.3 Å². The smallest absolute Gasteiger partial charge is 0.115 e. The summed E-state index contributed by atoms with van der Waals surface area (Å²) < 4.78 is 13.5. The molecule has 1 N–H and O–H groups in total. The first-order chi connectivity index (χ1) is 19.1. The summed E-state index contributed by atoms with van der Waals surface area (Å²) in [5, 5.41) is 10.3. The van der Waals surface area contributed by atoms with E-state index < -0.39 is 0 Å². The fourth-order valence-electron chi connectivity index (χ4n) is 5.50. The van der Waals surface area contributed by atoms with Crippen molar-refractivity contribution in [2.45, 2.75) is 62.6 Å². The maximum atomic E-state index is 9.68. The molecule has 5 atom stereocenters. The maximum Gasteiger partial charge on any atom is 0.115 e. The van der Waals surface area contributed by atoms with E-state index in [1.807, 2.05) is 36.0 Å².